The predicted molar refractivity (Wildman–Crippen MR) is 88.3 cm³/mol. The van der Waals surface area contributed by atoms with E-state index in [0.717, 1.165) is 30.8 Å². The Hall–Kier alpha value is -2.49. The number of hydrogen-bond donors (Lipinski definition) is 1. The Morgan fingerprint density at radius 1 is 1.33 bits per heavy atom. The van der Waals surface area contributed by atoms with Crippen LogP contribution < -0.4 is 4.74 Å². The number of aliphatic hydroxyl groups excluding tert-OH is 1. The zero-order valence-electron chi connectivity index (χ0n) is 13.4. The first kappa shape index (κ1) is 16.4. The van der Waals surface area contributed by atoms with Crippen LogP contribution in [0.25, 0.3) is 0 Å². The van der Waals surface area contributed by atoms with Gasteiger partial charge in [-0.25, -0.2) is 9.97 Å². The first-order valence-corrected chi connectivity index (χ1v) is 8.01. The molecule has 0 amide bonds. The molecule has 1 aliphatic rings. The van der Waals surface area contributed by atoms with E-state index in [1.54, 1.807) is 6.33 Å². The van der Waals surface area contributed by atoms with Crippen LogP contribution in [-0.4, -0.2) is 45.8 Å². The molecule has 0 aliphatic carbocycles. The van der Waals surface area contributed by atoms with Gasteiger partial charge in [0.05, 0.1) is 18.2 Å². The summed E-state index contributed by atoms with van der Waals surface area (Å²) in [6.07, 6.45) is 4.17. The molecule has 1 unspecified atom stereocenters. The van der Waals surface area contributed by atoms with E-state index in [-0.39, 0.29) is 6.61 Å². The van der Waals surface area contributed by atoms with Crippen molar-refractivity contribution in [3.63, 3.8) is 0 Å². The summed E-state index contributed by atoms with van der Waals surface area (Å²) in [7, 11) is 0. The fraction of sp³-hybridized carbons (Fsp3) is 0.389. The van der Waals surface area contributed by atoms with Crippen molar-refractivity contribution in [1.29, 1.82) is 5.26 Å². The van der Waals surface area contributed by atoms with Gasteiger partial charge in [0, 0.05) is 25.8 Å². The van der Waals surface area contributed by atoms with Crippen LogP contribution >= 0.6 is 0 Å². The lowest BCUT2D eigenvalue weighted by Gasteiger charge is -2.29. The smallest absolute Gasteiger partial charge is 0.119 e. The minimum absolute atomic E-state index is 0.241. The maximum absolute atomic E-state index is 10.2. The Kier molecular flexibility index (Phi) is 5.36. The van der Waals surface area contributed by atoms with E-state index in [4.69, 9.17) is 10.00 Å². The van der Waals surface area contributed by atoms with E-state index in [0.29, 0.717) is 18.7 Å². The SMILES string of the molecule is N#CCc1ccc(OCC(O)CN2CCc3cncnc3C2)cc1. The standard InChI is InChI=1S/C18H20N4O2/c19-7-5-14-1-3-17(4-2-14)24-12-16(23)10-22-8-6-15-9-20-13-21-18(15)11-22/h1-4,9,13,16,23H,5-6,8,10-12H2. The van der Waals surface area contributed by atoms with Crippen molar-refractivity contribution in [2.24, 2.45) is 0 Å². The lowest BCUT2D eigenvalue weighted by atomic mass is 10.1. The van der Waals surface area contributed by atoms with E-state index in [1.165, 1.54) is 5.56 Å². The number of rotatable bonds is 6. The van der Waals surface area contributed by atoms with Gasteiger partial charge in [0.2, 0.25) is 0 Å². The molecule has 1 aromatic carbocycles. The molecule has 1 aromatic heterocycles. The Morgan fingerprint density at radius 3 is 2.96 bits per heavy atom. The largest absolute Gasteiger partial charge is 0.491 e. The van der Waals surface area contributed by atoms with Crippen molar-refractivity contribution in [3.8, 4) is 11.8 Å². The minimum Gasteiger partial charge on any atom is -0.491 e. The van der Waals surface area contributed by atoms with Gasteiger partial charge in [-0.1, -0.05) is 12.1 Å². The van der Waals surface area contributed by atoms with Gasteiger partial charge < -0.3 is 9.84 Å². The number of nitriles is 1. The van der Waals surface area contributed by atoms with Crippen molar-refractivity contribution in [2.75, 3.05) is 19.7 Å². The fourth-order valence-corrected chi connectivity index (χ4v) is 2.80. The molecule has 1 atom stereocenters. The third-order valence-corrected chi connectivity index (χ3v) is 4.07. The average Bonchev–Trinajstić information content (AvgIpc) is 2.61. The van der Waals surface area contributed by atoms with Gasteiger partial charge >= 0.3 is 0 Å². The number of ether oxygens (including phenoxy) is 1. The van der Waals surface area contributed by atoms with Gasteiger partial charge in [-0.3, -0.25) is 4.90 Å². The highest BCUT2D eigenvalue weighted by Gasteiger charge is 2.19. The third kappa shape index (κ3) is 4.28. The molecule has 6 heteroatoms. The van der Waals surface area contributed by atoms with Crippen molar-refractivity contribution in [1.82, 2.24) is 14.9 Å². The van der Waals surface area contributed by atoms with Crippen LogP contribution in [0.1, 0.15) is 16.8 Å². The van der Waals surface area contributed by atoms with Crippen LogP contribution in [0.3, 0.4) is 0 Å². The van der Waals surface area contributed by atoms with Gasteiger partial charge in [-0.05, 0) is 29.7 Å². The average molecular weight is 324 g/mol. The summed E-state index contributed by atoms with van der Waals surface area (Å²) in [5.74, 6) is 0.701. The number of β-amino-alcohol motifs (C(OH)–C–C–N with tert-alkyl or cyclic N) is 1. The maximum atomic E-state index is 10.2. The molecular weight excluding hydrogens is 304 g/mol. The van der Waals surface area contributed by atoms with Crippen LogP contribution in [0, 0.1) is 11.3 Å². The molecule has 3 rings (SSSR count). The molecule has 1 N–H and O–H groups in total. The molecule has 0 radical (unpaired) electrons. The van der Waals surface area contributed by atoms with Crippen LogP contribution in [0.5, 0.6) is 5.75 Å². The molecule has 0 spiro atoms. The lowest BCUT2D eigenvalue weighted by Crippen LogP contribution is -2.39. The zero-order valence-corrected chi connectivity index (χ0v) is 13.4. The number of fused-ring (bicyclic) bond motifs is 1. The minimum atomic E-state index is -0.563. The van der Waals surface area contributed by atoms with E-state index >= 15 is 0 Å². The topological polar surface area (TPSA) is 82.3 Å². The van der Waals surface area contributed by atoms with Crippen LogP contribution in [0.4, 0.5) is 0 Å². The molecule has 124 valence electrons. The number of benzene rings is 1. The Morgan fingerprint density at radius 2 is 2.17 bits per heavy atom. The molecule has 1 aliphatic heterocycles. The summed E-state index contributed by atoms with van der Waals surface area (Å²) in [4.78, 5) is 10.5. The highest BCUT2D eigenvalue weighted by atomic mass is 16.5. The molecule has 0 fully saturated rings. The lowest BCUT2D eigenvalue weighted by molar-refractivity contribution is 0.0632. The van der Waals surface area contributed by atoms with E-state index in [1.807, 2.05) is 30.5 Å². The molecule has 0 bridgehead atoms. The highest BCUT2D eigenvalue weighted by molar-refractivity contribution is 5.28. The van der Waals surface area contributed by atoms with Crippen molar-refractivity contribution in [2.45, 2.75) is 25.5 Å². The third-order valence-electron chi connectivity index (χ3n) is 4.07. The first-order valence-electron chi connectivity index (χ1n) is 8.01. The normalized spacial score (nSPS) is 15.3. The molecule has 0 saturated heterocycles. The van der Waals surface area contributed by atoms with Gasteiger partial charge in [0.25, 0.3) is 0 Å². The molecule has 24 heavy (non-hydrogen) atoms. The van der Waals surface area contributed by atoms with Gasteiger partial charge in [-0.2, -0.15) is 5.26 Å². The maximum Gasteiger partial charge on any atom is 0.119 e. The van der Waals surface area contributed by atoms with E-state index in [2.05, 4.69) is 20.9 Å². The summed E-state index contributed by atoms with van der Waals surface area (Å²) in [6, 6.07) is 9.50. The quantitative estimate of drug-likeness (QED) is 0.863. The molecule has 2 heterocycles. The van der Waals surface area contributed by atoms with Crippen molar-refractivity contribution in [3.05, 3.63) is 53.6 Å². The van der Waals surface area contributed by atoms with Crippen molar-refractivity contribution >= 4 is 0 Å². The number of aliphatic hydroxyl groups is 1. The zero-order chi connectivity index (χ0) is 16.8. The number of aromatic nitrogens is 2. The number of nitrogens with zero attached hydrogens (tertiary/aromatic N) is 4. The molecular formula is C18H20N4O2. The molecule has 6 nitrogen and oxygen atoms in total. The van der Waals surface area contributed by atoms with E-state index < -0.39 is 6.10 Å². The fourth-order valence-electron chi connectivity index (χ4n) is 2.80. The second-order valence-electron chi connectivity index (χ2n) is 5.92. The predicted octanol–water partition coefficient (Wildman–Crippen LogP) is 1.34. The monoisotopic (exact) mass is 324 g/mol. The van der Waals surface area contributed by atoms with Gasteiger partial charge in [0.1, 0.15) is 24.8 Å². The van der Waals surface area contributed by atoms with Crippen molar-refractivity contribution < 1.29 is 9.84 Å². The first-order chi connectivity index (χ1) is 11.7. The van der Waals surface area contributed by atoms with Crippen LogP contribution in [0.15, 0.2) is 36.8 Å². The second-order valence-corrected chi connectivity index (χ2v) is 5.92. The van der Waals surface area contributed by atoms with E-state index in [9.17, 15) is 5.11 Å². The van der Waals surface area contributed by atoms with Gasteiger partial charge in [-0.15, -0.1) is 0 Å². The highest BCUT2D eigenvalue weighted by Crippen LogP contribution is 2.16. The number of hydrogen-bond acceptors (Lipinski definition) is 6. The Balaban J connectivity index is 1.46. The van der Waals surface area contributed by atoms with Gasteiger partial charge in [0.15, 0.2) is 0 Å². The molecule has 0 saturated carbocycles. The van der Waals surface area contributed by atoms with Crippen LogP contribution in [-0.2, 0) is 19.4 Å². The summed E-state index contributed by atoms with van der Waals surface area (Å²) in [6.45, 7) is 2.42. The summed E-state index contributed by atoms with van der Waals surface area (Å²) in [5.41, 5.74) is 3.19. The summed E-state index contributed by atoms with van der Waals surface area (Å²) in [5, 5.41) is 18.9. The second kappa shape index (κ2) is 7.86. The summed E-state index contributed by atoms with van der Waals surface area (Å²) >= 11 is 0. The van der Waals surface area contributed by atoms with Crippen LogP contribution in [0.2, 0.25) is 0 Å². The summed E-state index contributed by atoms with van der Waals surface area (Å²) < 4.78 is 5.63. The Labute approximate surface area is 141 Å². The molecule has 2 aromatic rings. The Bertz CT molecular complexity index is 712.